The lowest BCUT2D eigenvalue weighted by Gasteiger charge is -2.25. The summed E-state index contributed by atoms with van der Waals surface area (Å²) in [5, 5.41) is 0.441. The van der Waals surface area contributed by atoms with Crippen LogP contribution in [-0.2, 0) is 0 Å². The summed E-state index contributed by atoms with van der Waals surface area (Å²) in [6.45, 7) is 0. The third-order valence-corrected chi connectivity index (χ3v) is 12.2. The van der Waals surface area contributed by atoms with Crippen molar-refractivity contribution in [2.24, 2.45) is 0 Å². The molecule has 2 nitrogen and oxygen atoms in total. The van der Waals surface area contributed by atoms with Gasteiger partial charge in [0.25, 0.3) is 0 Å². The van der Waals surface area contributed by atoms with Gasteiger partial charge in [-0.2, -0.15) is 0 Å². The summed E-state index contributed by atoms with van der Waals surface area (Å²) in [4.78, 5) is 12.1. The number of nitrogens with zero attached hydrogens (tertiary/aromatic N) is 2. The maximum atomic E-state index is 5.45. The van der Waals surface area contributed by atoms with Crippen molar-refractivity contribution < 1.29 is 0 Å². The first-order chi connectivity index (χ1) is 24.3. The number of rotatable bonds is 6. The number of aromatic nitrogens is 2. The second-order valence-electron chi connectivity index (χ2n) is 13.9. The Labute approximate surface area is 294 Å². The molecule has 5 aliphatic rings. The second-order valence-corrected chi connectivity index (χ2v) is 15.1. The van der Waals surface area contributed by atoms with Crippen LogP contribution in [0, 0.1) is 0 Å². The summed E-state index contributed by atoms with van der Waals surface area (Å²) in [7, 11) is 0. The van der Waals surface area contributed by atoms with Crippen LogP contribution in [0.5, 0.6) is 0 Å². The van der Waals surface area contributed by atoms with Crippen molar-refractivity contribution in [2.75, 3.05) is 0 Å². The Bertz CT molecular complexity index is 2110. The fourth-order valence-electron chi connectivity index (χ4n) is 8.11. The first-order valence-electron chi connectivity index (χ1n) is 17.9. The minimum atomic E-state index is 0.292. The van der Waals surface area contributed by atoms with Gasteiger partial charge >= 0.3 is 0 Å². The molecule has 0 saturated carbocycles. The smallest absolute Gasteiger partial charge is 0.156 e. The van der Waals surface area contributed by atoms with Gasteiger partial charge in [0.05, 0.1) is 16.3 Å². The van der Waals surface area contributed by atoms with E-state index in [0.717, 1.165) is 44.3 Å². The fourth-order valence-corrected chi connectivity index (χ4v) is 9.51. The Hall–Kier alpha value is -4.73. The SMILES string of the molecule is C1=CCC2Sc3c(nc(C4=CC=CC(c5cccc(C6=CC=C(c7ccccc7)CC6)c5)C4)nc3C3C=CC(c4ccccc4)CC3)C2=C1. The quantitative estimate of drug-likeness (QED) is 0.194. The largest absolute Gasteiger partial charge is 0.232 e. The average Bonchev–Trinajstić information content (AvgIpc) is 3.57. The summed E-state index contributed by atoms with van der Waals surface area (Å²) in [5.74, 6) is 1.98. The van der Waals surface area contributed by atoms with Crippen LogP contribution < -0.4 is 0 Å². The van der Waals surface area contributed by atoms with E-state index in [1.165, 1.54) is 60.8 Å². The van der Waals surface area contributed by atoms with E-state index in [9.17, 15) is 0 Å². The molecule has 2 heterocycles. The second kappa shape index (κ2) is 13.3. The molecule has 4 aliphatic carbocycles. The molecule has 4 atom stereocenters. The van der Waals surface area contributed by atoms with Gasteiger partial charge in [-0.3, -0.25) is 0 Å². The van der Waals surface area contributed by atoms with E-state index in [0.29, 0.717) is 23.0 Å². The van der Waals surface area contributed by atoms with Crippen molar-refractivity contribution in [1.29, 1.82) is 0 Å². The zero-order chi connectivity index (χ0) is 32.6. The molecule has 0 fully saturated rings. The monoisotopic (exact) mass is 652 g/mol. The molecule has 4 unspecified atom stereocenters. The van der Waals surface area contributed by atoms with Crippen LogP contribution >= 0.6 is 11.8 Å². The number of benzene rings is 3. The van der Waals surface area contributed by atoms with Crippen molar-refractivity contribution in [3.63, 3.8) is 0 Å². The highest BCUT2D eigenvalue weighted by Crippen LogP contribution is 2.51. The normalized spacial score (nSPS) is 24.0. The molecule has 49 heavy (non-hydrogen) atoms. The molecule has 0 N–H and O–H groups in total. The van der Waals surface area contributed by atoms with Gasteiger partial charge in [0.15, 0.2) is 5.82 Å². The highest BCUT2D eigenvalue weighted by Gasteiger charge is 2.35. The van der Waals surface area contributed by atoms with Crippen LogP contribution in [0.25, 0.3) is 22.3 Å². The lowest BCUT2D eigenvalue weighted by Crippen LogP contribution is -2.13. The minimum Gasteiger partial charge on any atom is -0.232 e. The summed E-state index contributed by atoms with van der Waals surface area (Å²) < 4.78 is 0. The molecule has 3 heteroatoms. The lowest BCUT2D eigenvalue weighted by atomic mass is 9.82. The molecule has 240 valence electrons. The minimum absolute atomic E-state index is 0.292. The van der Waals surface area contributed by atoms with Crippen molar-refractivity contribution in [3.8, 4) is 0 Å². The van der Waals surface area contributed by atoms with E-state index < -0.39 is 0 Å². The van der Waals surface area contributed by atoms with Crippen molar-refractivity contribution in [1.82, 2.24) is 9.97 Å². The van der Waals surface area contributed by atoms with Gasteiger partial charge in [0, 0.05) is 23.0 Å². The highest BCUT2D eigenvalue weighted by molar-refractivity contribution is 8.01. The molecule has 0 amide bonds. The maximum Gasteiger partial charge on any atom is 0.156 e. The molecule has 3 aromatic carbocycles. The lowest BCUT2D eigenvalue weighted by molar-refractivity contribution is 0.583. The number of hydrogen-bond donors (Lipinski definition) is 0. The Morgan fingerprint density at radius 1 is 0.592 bits per heavy atom. The van der Waals surface area contributed by atoms with Crippen LogP contribution in [0.15, 0.2) is 151 Å². The van der Waals surface area contributed by atoms with Crippen molar-refractivity contribution >= 4 is 34.1 Å². The summed E-state index contributed by atoms with van der Waals surface area (Å²) in [6, 6.07) is 30.9. The number of hydrogen-bond acceptors (Lipinski definition) is 3. The zero-order valence-corrected chi connectivity index (χ0v) is 28.5. The molecule has 0 radical (unpaired) electrons. The van der Waals surface area contributed by atoms with Crippen LogP contribution in [0.3, 0.4) is 0 Å². The van der Waals surface area contributed by atoms with Gasteiger partial charge in [0.1, 0.15) is 0 Å². The topological polar surface area (TPSA) is 25.8 Å². The fraction of sp³-hybridized carbons (Fsp3) is 0.217. The predicted molar refractivity (Wildman–Crippen MR) is 206 cm³/mol. The standard InChI is InChI=1S/C46H40N2S/c1-3-11-31(12-4-1)33-21-23-35(24-22-33)37-15-9-16-38(29-37)39-17-10-18-40(30-39)46-47-43(45-44(48-46)41-19-7-8-20-42(41)49-45)36-27-25-34(26-28-36)32-13-5-2-6-14-32/h1-19,21,23,25,27,29,34,36,39,42H,20,22,24,26,28,30H2. The number of fused-ring (bicyclic) bond motifs is 3. The Morgan fingerprint density at radius 3 is 2.12 bits per heavy atom. The predicted octanol–water partition coefficient (Wildman–Crippen LogP) is 11.9. The van der Waals surface area contributed by atoms with E-state index in [1.807, 2.05) is 11.8 Å². The van der Waals surface area contributed by atoms with E-state index in [4.69, 9.17) is 9.97 Å². The van der Waals surface area contributed by atoms with Gasteiger partial charge < -0.3 is 0 Å². The van der Waals surface area contributed by atoms with Gasteiger partial charge in [-0.1, -0.05) is 146 Å². The molecular formula is C46H40N2S. The van der Waals surface area contributed by atoms with Crippen LogP contribution in [0.2, 0.25) is 0 Å². The van der Waals surface area contributed by atoms with Crippen LogP contribution in [0.4, 0.5) is 0 Å². The zero-order valence-electron chi connectivity index (χ0n) is 27.7. The van der Waals surface area contributed by atoms with Gasteiger partial charge in [0.2, 0.25) is 0 Å². The van der Waals surface area contributed by atoms with Crippen molar-refractivity contribution in [2.45, 2.75) is 66.4 Å². The molecule has 0 spiro atoms. The molecule has 0 bridgehead atoms. The molecule has 9 rings (SSSR count). The molecule has 4 aromatic rings. The van der Waals surface area contributed by atoms with Gasteiger partial charge in [-0.15, -0.1) is 11.8 Å². The summed E-state index contributed by atoms with van der Waals surface area (Å²) in [6.07, 6.45) is 29.5. The third kappa shape index (κ3) is 6.06. The van der Waals surface area contributed by atoms with E-state index in [2.05, 4.69) is 146 Å². The average molecular weight is 653 g/mol. The summed E-state index contributed by atoms with van der Waals surface area (Å²) in [5.41, 5.74) is 13.3. The molecule has 0 saturated heterocycles. The van der Waals surface area contributed by atoms with E-state index in [1.54, 1.807) is 0 Å². The number of thioether (sulfide) groups is 1. The Morgan fingerprint density at radius 2 is 1.33 bits per heavy atom. The molecule has 1 aromatic heterocycles. The van der Waals surface area contributed by atoms with Crippen LogP contribution in [0.1, 0.15) is 95.7 Å². The Kier molecular flexibility index (Phi) is 8.23. The third-order valence-electron chi connectivity index (χ3n) is 10.8. The highest BCUT2D eigenvalue weighted by atomic mass is 32.2. The first-order valence-corrected chi connectivity index (χ1v) is 18.8. The first kappa shape index (κ1) is 30.3. The van der Waals surface area contributed by atoms with Gasteiger partial charge in [-0.25, -0.2) is 9.97 Å². The van der Waals surface area contributed by atoms with Crippen molar-refractivity contribution in [3.05, 3.63) is 185 Å². The van der Waals surface area contributed by atoms with Crippen LogP contribution in [-0.4, -0.2) is 15.2 Å². The van der Waals surface area contributed by atoms with E-state index >= 15 is 0 Å². The Balaban J connectivity index is 1.00. The van der Waals surface area contributed by atoms with E-state index in [-0.39, 0.29) is 0 Å². The molecule has 1 aliphatic heterocycles. The van der Waals surface area contributed by atoms with Gasteiger partial charge in [-0.05, 0) is 83.1 Å². The maximum absolute atomic E-state index is 5.45. The molecular weight excluding hydrogens is 613 g/mol. The summed E-state index contributed by atoms with van der Waals surface area (Å²) >= 11 is 1.98. The number of allylic oxidation sites excluding steroid dienone is 13.